The highest BCUT2D eigenvalue weighted by Gasteiger charge is 2.24. The van der Waals surface area contributed by atoms with Gasteiger partial charge in [0.15, 0.2) is 0 Å². The normalized spacial score (nSPS) is 19.3. The number of rotatable bonds is 3. The van der Waals surface area contributed by atoms with E-state index in [9.17, 15) is 8.42 Å². The second-order valence-corrected chi connectivity index (χ2v) is 7.08. The van der Waals surface area contributed by atoms with Crippen LogP contribution in [0.1, 0.15) is 18.4 Å². The van der Waals surface area contributed by atoms with Gasteiger partial charge in [-0.15, -0.1) is 0 Å². The molecule has 3 N–H and O–H groups in total. The van der Waals surface area contributed by atoms with Gasteiger partial charge in [-0.3, -0.25) is 0 Å². The maximum atomic E-state index is 11.3. The summed E-state index contributed by atoms with van der Waals surface area (Å²) < 4.78 is 22.7. The molecule has 1 aromatic rings. The van der Waals surface area contributed by atoms with Crippen molar-refractivity contribution in [2.75, 3.05) is 16.8 Å². The lowest BCUT2D eigenvalue weighted by atomic mass is 10.1. The molecule has 0 spiro atoms. The molecule has 1 aliphatic rings. The number of nitrogens with one attached hydrogen (secondary N) is 1. The number of pyridine rings is 1. The van der Waals surface area contributed by atoms with Crippen molar-refractivity contribution in [1.82, 2.24) is 4.98 Å². The first-order valence-corrected chi connectivity index (χ1v) is 7.93. The Hall–Kier alpha value is -1.21. The van der Waals surface area contributed by atoms with Gasteiger partial charge < -0.3 is 11.1 Å². The molecule has 1 aliphatic heterocycles. The van der Waals surface area contributed by atoms with Gasteiger partial charge >= 0.3 is 0 Å². The average molecular weight is 285 g/mol. The molecule has 1 saturated heterocycles. The Morgan fingerprint density at radius 1 is 1.44 bits per heavy atom. The molecule has 1 fully saturated rings. The molecule has 0 radical (unpaired) electrons. The molecule has 0 aromatic carbocycles. The number of thiocarbonyl (C=S) groups is 1. The van der Waals surface area contributed by atoms with Crippen LogP contribution in [0.25, 0.3) is 0 Å². The predicted octanol–water partition coefficient (Wildman–Crippen LogP) is 0.705. The highest BCUT2D eigenvalue weighted by Crippen LogP contribution is 2.19. The number of aromatic nitrogens is 1. The molecule has 0 saturated carbocycles. The van der Waals surface area contributed by atoms with E-state index in [1.165, 1.54) is 0 Å². The van der Waals surface area contributed by atoms with Gasteiger partial charge in [0.05, 0.1) is 17.1 Å². The molecular formula is C11H15N3O2S2. The Kier molecular flexibility index (Phi) is 3.82. The monoisotopic (exact) mass is 285 g/mol. The lowest BCUT2D eigenvalue weighted by Gasteiger charge is -2.24. The van der Waals surface area contributed by atoms with Crippen LogP contribution >= 0.6 is 12.2 Å². The molecule has 1 aromatic heterocycles. The second-order valence-electron chi connectivity index (χ2n) is 4.33. The van der Waals surface area contributed by atoms with Crippen molar-refractivity contribution in [2.45, 2.75) is 18.9 Å². The third-order valence-electron chi connectivity index (χ3n) is 2.97. The quantitative estimate of drug-likeness (QED) is 0.795. The average Bonchev–Trinajstić information content (AvgIpc) is 2.32. The van der Waals surface area contributed by atoms with Crippen LogP contribution in [-0.2, 0) is 9.84 Å². The van der Waals surface area contributed by atoms with Crippen LogP contribution in [0.4, 0.5) is 5.82 Å². The molecule has 0 amide bonds. The summed E-state index contributed by atoms with van der Waals surface area (Å²) in [4.78, 5) is 4.49. The fourth-order valence-electron chi connectivity index (χ4n) is 1.95. The lowest BCUT2D eigenvalue weighted by molar-refractivity contribution is 0.559. The maximum absolute atomic E-state index is 11.3. The van der Waals surface area contributed by atoms with Gasteiger partial charge in [0, 0.05) is 12.2 Å². The zero-order chi connectivity index (χ0) is 13.2. The van der Waals surface area contributed by atoms with Crippen LogP contribution in [0.5, 0.6) is 0 Å². The van der Waals surface area contributed by atoms with Gasteiger partial charge in [-0.1, -0.05) is 12.2 Å². The molecule has 2 rings (SSSR count). The Bertz CT molecular complexity index is 543. The van der Waals surface area contributed by atoms with Crippen LogP contribution in [-0.4, -0.2) is 35.9 Å². The molecular weight excluding hydrogens is 270 g/mol. The smallest absolute Gasteiger partial charge is 0.150 e. The van der Waals surface area contributed by atoms with Crippen molar-refractivity contribution < 1.29 is 8.42 Å². The summed E-state index contributed by atoms with van der Waals surface area (Å²) in [5.74, 6) is 1.08. The molecule has 0 unspecified atom stereocenters. The molecule has 98 valence electrons. The number of hydrogen-bond acceptors (Lipinski definition) is 5. The van der Waals surface area contributed by atoms with E-state index in [-0.39, 0.29) is 22.5 Å². The third kappa shape index (κ3) is 3.17. The van der Waals surface area contributed by atoms with Gasteiger partial charge in [-0.2, -0.15) is 0 Å². The van der Waals surface area contributed by atoms with E-state index in [1.807, 2.05) is 0 Å². The van der Waals surface area contributed by atoms with Crippen LogP contribution in [0.15, 0.2) is 18.3 Å². The molecule has 0 bridgehead atoms. The predicted molar refractivity (Wildman–Crippen MR) is 75.4 cm³/mol. The fraction of sp³-hybridized carbons (Fsp3) is 0.455. The summed E-state index contributed by atoms with van der Waals surface area (Å²) in [7, 11) is -2.85. The topological polar surface area (TPSA) is 85.1 Å². The van der Waals surface area contributed by atoms with Crippen molar-refractivity contribution in [3.05, 3.63) is 23.9 Å². The Morgan fingerprint density at radius 3 is 2.72 bits per heavy atom. The number of hydrogen-bond donors (Lipinski definition) is 2. The molecule has 0 atom stereocenters. The van der Waals surface area contributed by atoms with Crippen LogP contribution in [0.2, 0.25) is 0 Å². The van der Waals surface area contributed by atoms with Gasteiger partial charge in [0.2, 0.25) is 0 Å². The zero-order valence-electron chi connectivity index (χ0n) is 9.80. The largest absolute Gasteiger partial charge is 0.389 e. The molecule has 7 heteroatoms. The summed E-state index contributed by atoms with van der Waals surface area (Å²) in [6.45, 7) is 0. The Balaban J connectivity index is 2.09. The van der Waals surface area contributed by atoms with Crippen LogP contribution in [0.3, 0.4) is 0 Å². The summed E-state index contributed by atoms with van der Waals surface area (Å²) in [6.07, 6.45) is 2.84. The molecule has 0 aliphatic carbocycles. The number of nitrogens with two attached hydrogens (primary N) is 1. The standard InChI is InChI=1S/C11H15N3O2S2/c12-10(17)9-2-1-5-13-11(9)14-8-3-6-18(15,16)7-4-8/h1-2,5,8H,3-4,6-7H2,(H2,12,17)(H,13,14). The Labute approximate surface area is 112 Å². The highest BCUT2D eigenvalue weighted by molar-refractivity contribution is 7.91. The van der Waals surface area contributed by atoms with Crippen LogP contribution in [0, 0.1) is 0 Å². The summed E-state index contributed by atoms with van der Waals surface area (Å²) in [5, 5.41) is 3.23. The van der Waals surface area contributed by atoms with Crippen molar-refractivity contribution in [1.29, 1.82) is 0 Å². The fourth-order valence-corrected chi connectivity index (χ4v) is 3.60. The van der Waals surface area contributed by atoms with Gasteiger partial charge in [0.25, 0.3) is 0 Å². The minimum Gasteiger partial charge on any atom is -0.389 e. The second kappa shape index (κ2) is 5.19. The summed E-state index contributed by atoms with van der Waals surface area (Å²) >= 11 is 4.96. The van der Waals surface area contributed by atoms with Crippen molar-refractivity contribution in [3.63, 3.8) is 0 Å². The molecule has 2 heterocycles. The van der Waals surface area contributed by atoms with Gasteiger partial charge in [-0.05, 0) is 25.0 Å². The maximum Gasteiger partial charge on any atom is 0.150 e. The number of sulfone groups is 1. The lowest BCUT2D eigenvalue weighted by Crippen LogP contribution is -2.33. The first-order valence-electron chi connectivity index (χ1n) is 5.70. The zero-order valence-corrected chi connectivity index (χ0v) is 11.4. The van der Waals surface area contributed by atoms with E-state index >= 15 is 0 Å². The van der Waals surface area contributed by atoms with E-state index in [2.05, 4.69) is 10.3 Å². The van der Waals surface area contributed by atoms with Crippen LogP contribution < -0.4 is 11.1 Å². The minimum absolute atomic E-state index is 0.108. The highest BCUT2D eigenvalue weighted by atomic mass is 32.2. The van der Waals surface area contributed by atoms with Crippen molar-refractivity contribution in [3.8, 4) is 0 Å². The molecule has 5 nitrogen and oxygen atoms in total. The van der Waals surface area contributed by atoms with E-state index < -0.39 is 9.84 Å². The molecule has 18 heavy (non-hydrogen) atoms. The van der Waals surface area contributed by atoms with Crippen molar-refractivity contribution in [2.24, 2.45) is 5.73 Å². The van der Waals surface area contributed by atoms with E-state index in [1.54, 1.807) is 18.3 Å². The van der Waals surface area contributed by atoms with E-state index in [0.717, 1.165) is 0 Å². The third-order valence-corrected chi connectivity index (χ3v) is 4.90. The minimum atomic E-state index is -2.85. The summed E-state index contributed by atoms with van der Waals surface area (Å²) in [6, 6.07) is 3.68. The summed E-state index contributed by atoms with van der Waals surface area (Å²) in [5.41, 5.74) is 6.31. The first-order chi connectivity index (χ1) is 8.48. The number of anilines is 1. The Morgan fingerprint density at radius 2 is 2.11 bits per heavy atom. The van der Waals surface area contributed by atoms with Gasteiger partial charge in [0.1, 0.15) is 20.6 Å². The van der Waals surface area contributed by atoms with E-state index in [4.69, 9.17) is 18.0 Å². The van der Waals surface area contributed by atoms with Gasteiger partial charge in [-0.25, -0.2) is 13.4 Å². The SMILES string of the molecule is NC(=S)c1cccnc1NC1CCS(=O)(=O)CC1. The first kappa shape index (κ1) is 13.2. The van der Waals surface area contributed by atoms with E-state index in [0.29, 0.717) is 24.2 Å². The van der Waals surface area contributed by atoms with Crippen molar-refractivity contribution >= 4 is 32.9 Å². The number of nitrogens with zero attached hydrogens (tertiary/aromatic N) is 1.